The molecule has 1 aliphatic heterocycles. The molecule has 1 saturated heterocycles. The van der Waals surface area contributed by atoms with E-state index in [9.17, 15) is 21.2 Å². The van der Waals surface area contributed by atoms with Crippen molar-refractivity contribution in [1.82, 2.24) is 4.31 Å². The van der Waals surface area contributed by atoms with Crippen LogP contribution in [0.3, 0.4) is 0 Å². The molecule has 0 aliphatic carbocycles. The lowest BCUT2D eigenvalue weighted by Crippen LogP contribution is -2.43. The third-order valence-corrected chi connectivity index (χ3v) is 6.40. The third-order valence-electron chi connectivity index (χ3n) is 2.88. The number of sulfonamides is 1. The van der Waals surface area contributed by atoms with Crippen LogP contribution in [-0.4, -0.2) is 45.7 Å². The van der Waals surface area contributed by atoms with Crippen molar-refractivity contribution in [2.45, 2.75) is 4.90 Å². The molecule has 1 fully saturated rings. The van der Waals surface area contributed by atoms with Gasteiger partial charge in [-0.1, -0.05) is 0 Å². The lowest BCUT2D eigenvalue weighted by atomic mass is 10.3. The molecule has 2 rings (SSSR count). The molecule has 106 valence electrons. The number of anilines is 1. The minimum Gasteiger partial charge on any atom is -0.399 e. The summed E-state index contributed by atoms with van der Waals surface area (Å²) in [5, 5.41) is 0. The van der Waals surface area contributed by atoms with Crippen LogP contribution < -0.4 is 5.73 Å². The molecule has 0 unspecified atom stereocenters. The van der Waals surface area contributed by atoms with Gasteiger partial charge in [0, 0.05) is 18.8 Å². The van der Waals surface area contributed by atoms with Crippen LogP contribution in [-0.2, 0) is 19.9 Å². The van der Waals surface area contributed by atoms with Crippen molar-refractivity contribution in [3.05, 3.63) is 24.0 Å². The molecule has 0 radical (unpaired) electrons. The molecule has 19 heavy (non-hydrogen) atoms. The molecule has 0 aromatic heterocycles. The maximum Gasteiger partial charge on any atom is 0.246 e. The molecule has 0 atom stereocenters. The fourth-order valence-electron chi connectivity index (χ4n) is 1.79. The summed E-state index contributed by atoms with van der Waals surface area (Å²) in [7, 11) is -7.25. The molecular weight excluding hydrogens is 295 g/mol. The van der Waals surface area contributed by atoms with E-state index in [0.29, 0.717) is 0 Å². The molecule has 9 heteroatoms. The van der Waals surface area contributed by atoms with Crippen LogP contribution in [0.4, 0.5) is 10.1 Å². The van der Waals surface area contributed by atoms with Crippen molar-refractivity contribution in [1.29, 1.82) is 0 Å². The fourth-order valence-corrected chi connectivity index (χ4v) is 4.77. The first-order valence-electron chi connectivity index (χ1n) is 5.48. The molecular formula is C10H13FN2O4S2. The van der Waals surface area contributed by atoms with Crippen LogP contribution in [0.25, 0.3) is 0 Å². The van der Waals surface area contributed by atoms with E-state index in [1.54, 1.807) is 0 Å². The van der Waals surface area contributed by atoms with Crippen LogP contribution in [0, 0.1) is 5.82 Å². The Balaban J connectivity index is 2.36. The van der Waals surface area contributed by atoms with Gasteiger partial charge in [0.15, 0.2) is 9.84 Å². The molecule has 0 bridgehead atoms. The smallest absolute Gasteiger partial charge is 0.246 e. The molecule has 0 amide bonds. The van der Waals surface area contributed by atoms with Crippen LogP contribution in [0.5, 0.6) is 0 Å². The molecule has 2 N–H and O–H groups in total. The lowest BCUT2D eigenvalue weighted by Gasteiger charge is -2.26. The van der Waals surface area contributed by atoms with E-state index >= 15 is 0 Å². The maximum atomic E-state index is 13.6. The number of nitrogen functional groups attached to an aromatic ring is 1. The highest BCUT2D eigenvalue weighted by molar-refractivity contribution is 7.92. The lowest BCUT2D eigenvalue weighted by molar-refractivity contribution is 0.426. The number of sulfone groups is 1. The van der Waals surface area contributed by atoms with Crippen LogP contribution in [0.15, 0.2) is 23.1 Å². The average Bonchev–Trinajstić information content (AvgIpc) is 2.31. The van der Waals surface area contributed by atoms with Crippen molar-refractivity contribution in [3.63, 3.8) is 0 Å². The van der Waals surface area contributed by atoms with Gasteiger partial charge in [0.05, 0.1) is 11.5 Å². The second-order valence-electron chi connectivity index (χ2n) is 4.25. The van der Waals surface area contributed by atoms with Crippen molar-refractivity contribution < 1.29 is 21.2 Å². The summed E-state index contributed by atoms with van der Waals surface area (Å²) in [5.74, 6) is -1.41. The Kier molecular flexibility index (Phi) is 3.54. The molecule has 0 spiro atoms. The Labute approximate surface area is 111 Å². The number of nitrogens with two attached hydrogens (primary N) is 1. The monoisotopic (exact) mass is 308 g/mol. The fraction of sp³-hybridized carbons (Fsp3) is 0.400. The second kappa shape index (κ2) is 4.73. The topological polar surface area (TPSA) is 97.5 Å². The first-order valence-corrected chi connectivity index (χ1v) is 8.74. The predicted molar refractivity (Wildman–Crippen MR) is 68.2 cm³/mol. The zero-order valence-corrected chi connectivity index (χ0v) is 11.5. The average molecular weight is 308 g/mol. The number of rotatable bonds is 2. The predicted octanol–water partition coefficient (Wildman–Crippen LogP) is -0.173. The zero-order chi connectivity index (χ0) is 14.3. The van der Waals surface area contributed by atoms with E-state index in [-0.39, 0.29) is 30.3 Å². The van der Waals surface area contributed by atoms with E-state index < -0.39 is 30.6 Å². The van der Waals surface area contributed by atoms with E-state index in [2.05, 4.69) is 0 Å². The normalized spacial score (nSPS) is 20.3. The van der Waals surface area contributed by atoms with Gasteiger partial charge < -0.3 is 5.73 Å². The number of hydrogen-bond donors (Lipinski definition) is 1. The van der Waals surface area contributed by atoms with Gasteiger partial charge in [-0.15, -0.1) is 0 Å². The zero-order valence-electron chi connectivity index (χ0n) is 9.91. The van der Waals surface area contributed by atoms with E-state index in [1.165, 1.54) is 6.07 Å². The number of hydrogen-bond acceptors (Lipinski definition) is 5. The highest BCUT2D eigenvalue weighted by Crippen LogP contribution is 2.23. The van der Waals surface area contributed by atoms with Crippen molar-refractivity contribution in [3.8, 4) is 0 Å². The maximum absolute atomic E-state index is 13.6. The van der Waals surface area contributed by atoms with Crippen molar-refractivity contribution >= 4 is 25.5 Å². The second-order valence-corrected chi connectivity index (χ2v) is 8.46. The minimum absolute atomic E-state index is 0.129. The summed E-state index contributed by atoms with van der Waals surface area (Å²) in [6, 6.07) is 3.27. The highest BCUT2D eigenvalue weighted by Gasteiger charge is 2.32. The molecule has 1 aromatic rings. The van der Waals surface area contributed by atoms with Crippen LogP contribution in [0.2, 0.25) is 0 Å². The van der Waals surface area contributed by atoms with Crippen molar-refractivity contribution in [2.75, 3.05) is 30.3 Å². The summed E-state index contributed by atoms with van der Waals surface area (Å²) < 4.78 is 61.5. The number of halogens is 1. The Morgan fingerprint density at radius 2 is 1.79 bits per heavy atom. The quantitative estimate of drug-likeness (QED) is 0.765. The molecule has 0 saturated carbocycles. The Bertz CT molecular complexity index is 686. The number of benzene rings is 1. The minimum atomic E-state index is -4.05. The van der Waals surface area contributed by atoms with Gasteiger partial charge in [0.25, 0.3) is 0 Å². The van der Waals surface area contributed by atoms with E-state index in [0.717, 1.165) is 16.4 Å². The van der Waals surface area contributed by atoms with Crippen LogP contribution in [0.1, 0.15) is 0 Å². The van der Waals surface area contributed by atoms with E-state index in [1.807, 2.05) is 0 Å². The molecule has 1 aliphatic rings. The van der Waals surface area contributed by atoms with Crippen LogP contribution >= 0.6 is 0 Å². The SMILES string of the molecule is Nc1ccc(F)c(S(=O)(=O)N2CCS(=O)(=O)CC2)c1. The third kappa shape index (κ3) is 2.88. The van der Waals surface area contributed by atoms with Gasteiger partial charge in [0.1, 0.15) is 10.7 Å². The largest absolute Gasteiger partial charge is 0.399 e. The summed E-state index contributed by atoms with van der Waals surface area (Å²) in [4.78, 5) is -0.521. The van der Waals surface area contributed by atoms with Crippen molar-refractivity contribution in [2.24, 2.45) is 0 Å². The van der Waals surface area contributed by atoms with Gasteiger partial charge in [-0.05, 0) is 18.2 Å². The van der Waals surface area contributed by atoms with Gasteiger partial charge in [-0.25, -0.2) is 21.2 Å². The van der Waals surface area contributed by atoms with Gasteiger partial charge in [-0.3, -0.25) is 0 Å². The van der Waals surface area contributed by atoms with Gasteiger partial charge in [0.2, 0.25) is 10.0 Å². The molecule has 1 heterocycles. The summed E-state index contributed by atoms with van der Waals surface area (Å²) in [6.45, 7) is -0.336. The molecule has 1 aromatic carbocycles. The highest BCUT2D eigenvalue weighted by atomic mass is 32.2. The Morgan fingerprint density at radius 1 is 1.21 bits per heavy atom. The standard InChI is InChI=1S/C10H13FN2O4S2/c11-9-2-1-8(12)7-10(9)19(16,17)13-3-5-18(14,15)6-4-13/h1-2,7H,3-6,12H2. The van der Waals surface area contributed by atoms with Gasteiger partial charge in [-0.2, -0.15) is 4.31 Å². The summed E-state index contributed by atoms with van der Waals surface area (Å²) in [6.07, 6.45) is 0. The summed E-state index contributed by atoms with van der Waals surface area (Å²) >= 11 is 0. The van der Waals surface area contributed by atoms with Gasteiger partial charge >= 0.3 is 0 Å². The first kappa shape index (κ1) is 14.2. The first-order chi connectivity index (χ1) is 8.72. The summed E-state index contributed by atoms with van der Waals surface area (Å²) in [5.41, 5.74) is 5.58. The van der Waals surface area contributed by atoms with E-state index in [4.69, 9.17) is 5.73 Å². The Morgan fingerprint density at radius 3 is 2.37 bits per heavy atom. The number of nitrogens with zero attached hydrogens (tertiary/aromatic N) is 1. The molecule has 6 nitrogen and oxygen atoms in total. The Hall–Kier alpha value is -1.19.